The van der Waals surface area contributed by atoms with Gasteiger partial charge >= 0.3 is 5.97 Å². The maximum atomic E-state index is 12.0. The van der Waals surface area contributed by atoms with Crippen molar-refractivity contribution in [1.29, 1.82) is 0 Å². The molecule has 148 valence electrons. The van der Waals surface area contributed by atoms with Crippen LogP contribution in [-0.4, -0.2) is 30.9 Å². The highest BCUT2D eigenvalue weighted by Crippen LogP contribution is 2.13. The predicted octanol–water partition coefficient (Wildman–Crippen LogP) is 5.79. The Labute approximate surface area is 166 Å². The maximum Gasteiger partial charge on any atom is 0.306 e. The molecule has 0 saturated heterocycles. The molecule has 0 aliphatic heterocycles. The van der Waals surface area contributed by atoms with E-state index in [1.54, 1.807) is 0 Å². The summed E-state index contributed by atoms with van der Waals surface area (Å²) in [5.74, 6) is -4.07. The highest BCUT2D eigenvalue weighted by Gasteiger charge is 2.13. The standard InChI is InChI=1S/C20H37ClO4/c1-2-3-4-5-6-7-8-9-10-11-12-13-14-15-20(23)25-19(16-21)17-24-18-22/h18-19H,2-17H2,1H3/i16D2,17D2,19D. The van der Waals surface area contributed by atoms with E-state index in [2.05, 4.69) is 16.4 Å². The number of hydrogen-bond acceptors (Lipinski definition) is 4. The number of halogens is 1. The number of rotatable bonds is 19. The molecule has 0 aliphatic carbocycles. The van der Waals surface area contributed by atoms with Gasteiger partial charge in [0, 0.05) is 9.16 Å². The fourth-order valence-corrected chi connectivity index (χ4v) is 2.67. The molecule has 0 N–H and O–H groups in total. The van der Waals surface area contributed by atoms with E-state index in [1.807, 2.05) is 0 Å². The molecule has 0 aromatic heterocycles. The number of carbonyl (C=O) groups excluding carboxylic acids is 2. The van der Waals surface area contributed by atoms with Crippen molar-refractivity contribution in [2.24, 2.45) is 0 Å². The molecular weight excluding hydrogens is 340 g/mol. The highest BCUT2D eigenvalue weighted by atomic mass is 35.5. The van der Waals surface area contributed by atoms with Crippen molar-refractivity contribution in [2.45, 2.75) is 103 Å². The summed E-state index contributed by atoms with van der Waals surface area (Å²) in [7, 11) is 0. The van der Waals surface area contributed by atoms with Crippen LogP contribution in [0, 0.1) is 0 Å². The van der Waals surface area contributed by atoms with E-state index in [9.17, 15) is 9.59 Å². The van der Waals surface area contributed by atoms with Crippen molar-refractivity contribution in [3.8, 4) is 0 Å². The van der Waals surface area contributed by atoms with Crippen LogP contribution in [0.4, 0.5) is 0 Å². The van der Waals surface area contributed by atoms with Crippen molar-refractivity contribution in [3.63, 3.8) is 0 Å². The number of hydrogen-bond donors (Lipinski definition) is 0. The minimum absolute atomic E-state index is 0.0947. The van der Waals surface area contributed by atoms with E-state index in [-0.39, 0.29) is 12.9 Å². The van der Waals surface area contributed by atoms with Crippen molar-refractivity contribution in [3.05, 3.63) is 0 Å². The maximum absolute atomic E-state index is 12.0. The molecule has 0 rings (SSSR count). The summed E-state index contributed by atoms with van der Waals surface area (Å²) >= 11 is 5.42. The van der Waals surface area contributed by atoms with Gasteiger partial charge in [0.1, 0.15) is 12.6 Å². The first-order valence-electron chi connectivity index (χ1n) is 12.0. The van der Waals surface area contributed by atoms with Crippen LogP contribution < -0.4 is 0 Å². The summed E-state index contributed by atoms with van der Waals surface area (Å²) in [4.78, 5) is 22.4. The smallest absolute Gasteiger partial charge is 0.306 e. The van der Waals surface area contributed by atoms with Crippen LogP contribution in [0.25, 0.3) is 0 Å². The fourth-order valence-electron chi connectivity index (χ4n) is 2.59. The first-order valence-corrected chi connectivity index (χ1v) is 9.92. The Hall–Kier alpha value is -0.770. The van der Waals surface area contributed by atoms with Gasteiger partial charge in [-0.2, -0.15) is 0 Å². The van der Waals surface area contributed by atoms with Crippen molar-refractivity contribution < 1.29 is 25.9 Å². The number of unbranched alkanes of at least 4 members (excludes halogenated alkanes) is 12. The molecule has 0 aliphatic rings. The van der Waals surface area contributed by atoms with E-state index in [4.69, 9.17) is 18.5 Å². The Kier molecular flexibility index (Phi) is 12.8. The van der Waals surface area contributed by atoms with E-state index >= 15 is 0 Å². The zero-order chi connectivity index (χ0) is 23.1. The van der Waals surface area contributed by atoms with Crippen LogP contribution in [0.5, 0.6) is 0 Å². The van der Waals surface area contributed by atoms with Crippen LogP contribution in [-0.2, 0) is 19.1 Å². The molecule has 0 aromatic carbocycles. The van der Waals surface area contributed by atoms with E-state index < -0.39 is 24.4 Å². The van der Waals surface area contributed by atoms with Gasteiger partial charge in [0.2, 0.25) is 0 Å². The summed E-state index contributed by atoms with van der Waals surface area (Å²) in [5.41, 5.74) is 0. The molecule has 0 radical (unpaired) electrons. The lowest BCUT2D eigenvalue weighted by molar-refractivity contribution is -0.153. The first kappa shape index (κ1) is 16.4. The Morgan fingerprint density at radius 1 is 1.00 bits per heavy atom. The number of alkyl halides is 1. The van der Waals surface area contributed by atoms with E-state index in [0.29, 0.717) is 6.42 Å². The quantitative estimate of drug-likeness (QED) is 0.123. The minimum atomic E-state index is -3.24. The highest BCUT2D eigenvalue weighted by molar-refractivity contribution is 6.18. The number of ether oxygens (including phenoxy) is 2. The van der Waals surface area contributed by atoms with Crippen molar-refractivity contribution in [2.75, 3.05) is 12.4 Å². The average Bonchev–Trinajstić information content (AvgIpc) is 2.64. The monoisotopic (exact) mass is 381 g/mol. The molecule has 5 heteroatoms. The first-order chi connectivity index (χ1) is 14.0. The Morgan fingerprint density at radius 3 is 1.92 bits per heavy atom. The fraction of sp³-hybridized carbons (Fsp3) is 0.900. The normalized spacial score (nSPS) is 17.3. The van der Waals surface area contributed by atoms with Gasteiger partial charge in [-0.05, 0) is 6.42 Å². The SMILES string of the molecule is [2H]C([2H])(Cl)C([2H])(OC(=O)CCCCCCCCCCCCCCC)C([2H])([2H])OC=O. The Morgan fingerprint density at radius 2 is 1.48 bits per heavy atom. The third-order valence-corrected chi connectivity index (χ3v) is 4.16. The van der Waals surface area contributed by atoms with Gasteiger partial charge < -0.3 is 9.47 Å². The summed E-state index contributed by atoms with van der Waals surface area (Å²) in [6.45, 7) is -1.31. The topological polar surface area (TPSA) is 52.6 Å². The Bertz CT molecular complexity index is 488. The van der Waals surface area contributed by atoms with Gasteiger partial charge in [-0.1, -0.05) is 84.0 Å². The molecule has 25 heavy (non-hydrogen) atoms. The van der Waals surface area contributed by atoms with Gasteiger partial charge in [0.15, 0.2) is 0 Å². The zero-order valence-electron chi connectivity index (χ0n) is 20.5. The largest absolute Gasteiger partial charge is 0.464 e. The second-order valence-corrected chi connectivity index (χ2v) is 6.40. The van der Waals surface area contributed by atoms with Gasteiger partial charge in [-0.15, -0.1) is 11.6 Å². The molecule has 0 aromatic rings. The van der Waals surface area contributed by atoms with Gasteiger partial charge in [-0.3, -0.25) is 9.59 Å². The number of carbonyl (C=O) groups is 2. The second-order valence-electron chi connectivity index (χ2n) is 6.21. The molecule has 0 fully saturated rings. The molecule has 0 bridgehead atoms. The lowest BCUT2D eigenvalue weighted by atomic mass is 10.0. The minimum Gasteiger partial charge on any atom is -0.464 e. The van der Waals surface area contributed by atoms with Crippen LogP contribution >= 0.6 is 11.6 Å². The molecule has 4 nitrogen and oxygen atoms in total. The summed E-state index contributed by atoms with van der Waals surface area (Å²) in [6, 6.07) is 0. The van der Waals surface area contributed by atoms with E-state index in [1.165, 1.54) is 51.4 Å². The summed E-state index contributed by atoms with van der Waals surface area (Å²) in [6.07, 6.45) is 11.5. The van der Waals surface area contributed by atoms with Crippen molar-refractivity contribution in [1.82, 2.24) is 0 Å². The third-order valence-electron chi connectivity index (χ3n) is 3.99. The lowest BCUT2D eigenvalue weighted by Crippen LogP contribution is -2.25. The molecule has 0 spiro atoms. The van der Waals surface area contributed by atoms with Crippen molar-refractivity contribution >= 4 is 24.0 Å². The van der Waals surface area contributed by atoms with Crippen LogP contribution in [0.15, 0.2) is 0 Å². The van der Waals surface area contributed by atoms with Crippen LogP contribution in [0.3, 0.4) is 0 Å². The lowest BCUT2D eigenvalue weighted by Gasteiger charge is -2.13. The molecule has 1 atom stereocenters. The second kappa shape index (κ2) is 19.6. The van der Waals surface area contributed by atoms with E-state index in [0.717, 1.165) is 25.7 Å². The van der Waals surface area contributed by atoms with Gasteiger partial charge in [0.05, 0.1) is 9.94 Å². The van der Waals surface area contributed by atoms with Gasteiger partial charge in [-0.25, -0.2) is 0 Å². The summed E-state index contributed by atoms with van der Waals surface area (Å²) in [5, 5.41) is 0. The predicted molar refractivity (Wildman–Crippen MR) is 103 cm³/mol. The zero-order valence-corrected chi connectivity index (χ0v) is 16.2. The number of esters is 1. The molecule has 1 unspecified atom stereocenters. The van der Waals surface area contributed by atoms with Crippen LogP contribution in [0.1, 0.15) is 104 Å². The average molecular weight is 382 g/mol. The van der Waals surface area contributed by atoms with Gasteiger partial charge in [0.25, 0.3) is 6.47 Å². The van der Waals surface area contributed by atoms with Crippen LogP contribution in [0.2, 0.25) is 0 Å². The molecule has 0 heterocycles. The molecule has 0 saturated carbocycles. The molecular formula is C20H37ClO4. The Balaban J connectivity index is 4.02. The molecule has 0 amide bonds. The third kappa shape index (κ3) is 17.8. The summed E-state index contributed by atoms with van der Waals surface area (Å²) < 4.78 is 46.6.